The summed E-state index contributed by atoms with van der Waals surface area (Å²) in [6, 6.07) is 15.5. The van der Waals surface area contributed by atoms with Gasteiger partial charge in [0.1, 0.15) is 5.60 Å². The molecule has 0 fully saturated rings. The molecule has 0 aliphatic carbocycles. The number of rotatable bonds is 7. The molecule has 0 saturated heterocycles. The maximum Gasteiger partial charge on any atom is 0.227 e. The number of carbonyl (C=O) groups excluding carboxylic acids is 1. The van der Waals surface area contributed by atoms with Gasteiger partial charge in [0.05, 0.1) is 12.5 Å². The van der Waals surface area contributed by atoms with Crippen molar-refractivity contribution in [2.75, 3.05) is 6.54 Å². The van der Waals surface area contributed by atoms with E-state index in [0.717, 1.165) is 16.0 Å². The third-order valence-corrected chi connectivity index (χ3v) is 6.08. The zero-order chi connectivity index (χ0) is 17.7. The minimum absolute atomic E-state index is 0.0566. The predicted molar refractivity (Wildman–Crippen MR) is 104 cm³/mol. The van der Waals surface area contributed by atoms with Crippen molar-refractivity contribution in [3.8, 4) is 0 Å². The highest BCUT2D eigenvalue weighted by atomic mass is 32.1. The molecular formula is C20H21NO2S2. The number of amides is 1. The number of carbonyl (C=O) groups is 1. The fraction of sp³-hybridized carbons (Fsp3) is 0.250. The Morgan fingerprint density at radius 3 is 2.56 bits per heavy atom. The lowest BCUT2D eigenvalue weighted by Gasteiger charge is -2.28. The van der Waals surface area contributed by atoms with E-state index < -0.39 is 5.60 Å². The quantitative estimate of drug-likeness (QED) is 0.648. The Kier molecular flexibility index (Phi) is 5.68. The van der Waals surface area contributed by atoms with E-state index in [9.17, 15) is 9.90 Å². The summed E-state index contributed by atoms with van der Waals surface area (Å²) >= 11 is 3.03. The summed E-state index contributed by atoms with van der Waals surface area (Å²) in [7, 11) is 0. The summed E-state index contributed by atoms with van der Waals surface area (Å²) in [5.74, 6) is -0.268. The van der Waals surface area contributed by atoms with Gasteiger partial charge in [0.25, 0.3) is 0 Å². The minimum atomic E-state index is -1.20. The molecule has 5 heteroatoms. The van der Waals surface area contributed by atoms with Crippen LogP contribution in [0.2, 0.25) is 0 Å². The summed E-state index contributed by atoms with van der Waals surface area (Å²) < 4.78 is 0. The molecule has 2 heterocycles. The van der Waals surface area contributed by atoms with Crippen LogP contribution in [-0.4, -0.2) is 17.6 Å². The third kappa shape index (κ3) is 3.84. The van der Waals surface area contributed by atoms with Gasteiger partial charge < -0.3 is 10.4 Å². The normalized spacial score (nSPS) is 14.6. The second-order valence-corrected chi connectivity index (χ2v) is 7.67. The summed E-state index contributed by atoms with van der Waals surface area (Å²) in [5.41, 5.74) is 0.615. The first-order chi connectivity index (χ1) is 12.1. The fourth-order valence-electron chi connectivity index (χ4n) is 2.94. The number of hydrogen-bond donors (Lipinski definition) is 2. The molecule has 130 valence electrons. The van der Waals surface area contributed by atoms with E-state index in [4.69, 9.17) is 0 Å². The van der Waals surface area contributed by atoms with Gasteiger partial charge in [0.2, 0.25) is 5.91 Å². The number of thiophene rings is 2. The third-order valence-electron chi connectivity index (χ3n) is 4.37. The number of hydrogen-bond acceptors (Lipinski definition) is 4. The highest BCUT2D eigenvalue weighted by molar-refractivity contribution is 7.10. The van der Waals surface area contributed by atoms with Gasteiger partial charge in [-0.1, -0.05) is 43.3 Å². The highest BCUT2D eigenvalue weighted by Crippen LogP contribution is 2.33. The lowest BCUT2D eigenvalue weighted by atomic mass is 9.92. The van der Waals surface area contributed by atoms with E-state index in [-0.39, 0.29) is 18.4 Å². The van der Waals surface area contributed by atoms with Crippen molar-refractivity contribution in [1.82, 2.24) is 5.32 Å². The number of benzene rings is 1. The average Bonchev–Trinajstić information content (AvgIpc) is 3.35. The topological polar surface area (TPSA) is 49.3 Å². The van der Waals surface area contributed by atoms with E-state index in [1.807, 2.05) is 71.6 Å². The van der Waals surface area contributed by atoms with Crippen molar-refractivity contribution >= 4 is 28.6 Å². The second kappa shape index (κ2) is 7.95. The predicted octanol–water partition coefficient (Wildman–Crippen LogP) is 4.36. The van der Waals surface area contributed by atoms with E-state index in [2.05, 4.69) is 5.32 Å². The molecule has 0 saturated carbocycles. The highest BCUT2D eigenvalue weighted by Gasteiger charge is 2.34. The molecule has 2 aromatic heterocycles. The van der Waals surface area contributed by atoms with Crippen molar-refractivity contribution in [2.24, 2.45) is 0 Å². The molecule has 3 aromatic rings. The van der Waals surface area contributed by atoms with Gasteiger partial charge in [0, 0.05) is 10.4 Å². The lowest BCUT2D eigenvalue weighted by molar-refractivity contribution is -0.123. The van der Waals surface area contributed by atoms with Crippen LogP contribution in [0.25, 0.3) is 0 Å². The number of nitrogens with one attached hydrogen (secondary N) is 1. The molecule has 0 aliphatic rings. The monoisotopic (exact) mass is 371 g/mol. The Balaban J connectivity index is 1.79. The van der Waals surface area contributed by atoms with Crippen LogP contribution in [0.4, 0.5) is 0 Å². The van der Waals surface area contributed by atoms with Crippen LogP contribution in [0.15, 0.2) is 64.7 Å². The summed E-state index contributed by atoms with van der Waals surface area (Å²) in [6.07, 6.45) is 0.714. The second-order valence-electron chi connectivity index (χ2n) is 5.94. The van der Waals surface area contributed by atoms with E-state index in [0.29, 0.717) is 6.42 Å². The Hall–Kier alpha value is -1.95. The van der Waals surface area contributed by atoms with Gasteiger partial charge in [0.15, 0.2) is 0 Å². The summed E-state index contributed by atoms with van der Waals surface area (Å²) in [5, 5.41) is 20.1. The van der Waals surface area contributed by atoms with Crippen LogP contribution in [0, 0.1) is 0 Å². The summed E-state index contributed by atoms with van der Waals surface area (Å²) in [4.78, 5) is 13.6. The standard InChI is InChI=1S/C20H21NO2S2/c1-2-17(15-7-4-3-5-8-15)19(22)21-14-20(23,16-10-12-24-13-16)18-9-6-11-25-18/h3-13,17,23H,2,14H2,1H3,(H,21,22)/t17-,20-/m0/s1. The van der Waals surface area contributed by atoms with E-state index >= 15 is 0 Å². The van der Waals surface area contributed by atoms with Crippen molar-refractivity contribution in [3.05, 3.63) is 80.7 Å². The van der Waals surface area contributed by atoms with Gasteiger partial charge >= 0.3 is 0 Å². The smallest absolute Gasteiger partial charge is 0.227 e. The van der Waals surface area contributed by atoms with E-state index in [1.165, 1.54) is 22.7 Å². The van der Waals surface area contributed by atoms with Crippen molar-refractivity contribution in [1.29, 1.82) is 0 Å². The minimum Gasteiger partial charge on any atom is -0.378 e. The average molecular weight is 372 g/mol. The van der Waals surface area contributed by atoms with Crippen LogP contribution in [0.5, 0.6) is 0 Å². The van der Waals surface area contributed by atoms with Crippen LogP contribution in [0.3, 0.4) is 0 Å². The maximum atomic E-state index is 12.7. The first-order valence-electron chi connectivity index (χ1n) is 8.27. The molecule has 1 aromatic carbocycles. The molecular weight excluding hydrogens is 350 g/mol. The van der Waals surface area contributed by atoms with Gasteiger partial charge in [-0.2, -0.15) is 11.3 Å². The molecule has 0 radical (unpaired) electrons. The van der Waals surface area contributed by atoms with Gasteiger partial charge in [-0.3, -0.25) is 4.79 Å². The van der Waals surface area contributed by atoms with Crippen LogP contribution < -0.4 is 5.32 Å². The largest absolute Gasteiger partial charge is 0.378 e. The first kappa shape index (κ1) is 17.9. The van der Waals surface area contributed by atoms with Gasteiger partial charge in [-0.15, -0.1) is 11.3 Å². The van der Waals surface area contributed by atoms with Gasteiger partial charge in [-0.25, -0.2) is 0 Å². The van der Waals surface area contributed by atoms with Crippen molar-refractivity contribution in [3.63, 3.8) is 0 Å². The Labute approximate surface area is 156 Å². The van der Waals surface area contributed by atoms with Crippen LogP contribution >= 0.6 is 22.7 Å². The summed E-state index contributed by atoms with van der Waals surface area (Å²) in [6.45, 7) is 2.16. The number of aliphatic hydroxyl groups is 1. The SMILES string of the molecule is CC[C@H](C(=O)NC[C@](O)(c1ccsc1)c1cccs1)c1ccccc1. The lowest BCUT2D eigenvalue weighted by Crippen LogP contribution is -2.42. The van der Waals surface area contributed by atoms with Crippen LogP contribution in [-0.2, 0) is 10.4 Å². The Bertz CT molecular complexity index is 748. The Morgan fingerprint density at radius 2 is 1.96 bits per heavy atom. The molecule has 0 bridgehead atoms. The molecule has 2 N–H and O–H groups in total. The molecule has 0 spiro atoms. The van der Waals surface area contributed by atoms with E-state index in [1.54, 1.807) is 0 Å². The molecule has 3 rings (SSSR count). The molecule has 2 atom stereocenters. The van der Waals surface area contributed by atoms with Crippen LogP contribution in [0.1, 0.15) is 35.3 Å². The van der Waals surface area contributed by atoms with Crippen molar-refractivity contribution < 1.29 is 9.90 Å². The molecule has 1 amide bonds. The Morgan fingerprint density at radius 1 is 1.16 bits per heavy atom. The van der Waals surface area contributed by atoms with Crippen molar-refractivity contribution in [2.45, 2.75) is 24.9 Å². The fourth-order valence-corrected chi connectivity index (χ4v) is 4.51. The zero-order valence-electron chi connectivity index (χ0n) is 14.0. The first-order valence-corrected chi connectivity index (χ1v) is 10.1. The molecule has 0 aliphatic heterocycles. The molecule has 0 unspecified atom stereocenters. The zero-order valence-corrected chi connectivity index (χ0v) is 15.6. The molecule has 25 heavy (non-hydrogen) atoms. The maximum absolute atomic E-state index is 12.7. The molecule has 3 nitrogen and oxygen atoms in total. The van der Waals surface area contributed by atoms with Gasteiger partial charge in [-0.05, 0) is 40.3 Å².